The molecule has 0 radical (unpaired) electrons. The summed E-state index contributed by atoms with van der Waals surface area (Å²) in [6, 6.07) is 12.4. The number of hydrogen-bond acceptors (Lipinski definition) is 6. The molecule has 2 aromatic heterocycles. The molecular formula is C21H24ClN5O2S. The van der Waals surface area contributed by atoms with Crippen molar-refractivity contribution in [3.63, 3.8) is 0 Å². The number of piperazine rings is 1. The molecule has 7 nitrogen and oxygen atoms in total. The summed E-state index contributed by atoms with van der Waals surface area (Å²) in [5.41, 5.74) is 7.53. The van der Waals surface area contributed by atoms with Crippen molar-refractivity contribution in [2.24, 2.45) is 5.73 Å². The van der Waals surface area contributed by atoms with E-state index < -0.39 is 0 Å². The predicted octanol–water partition coefficient (Wildman–Crippen LogP) is 3.68. The summed E-state index contributed by atoms with van der Waals surface area (Å²) in [6.07, 6.45) is 4.84. The van der Waals surface area contributed by atoms with Gasteiger partial charge in [-0.15, -0.1) is 12.4 Å². The number of hydrogen-bond donors (Lipinski definition) is 1. The lowest BCUT2D eigenvalue weighted by Crippen LogP contribution is -2.57. The van der Waals surface area contributed by atoms with Gasteiger partial charge in [0.25, 0.3) is 5.19 Å². The van der Waals surface area contributed by atoms with E-state index >= 15 is 0 Å². The number of rotatable bonds is 5. The van der Waals surface area contributed by atoms with E-state index in [0.717, 1.165) is 55.0 Å². The van der Waals surface area contributed by atoms with E-state index in [0.29, 0.717) is 5.19 Å². The zero-order valence-corrected chi connectivity index (χ0v) is 18.1. The van der Waals surface area contributed by atoms with Gasteiger partial charge in [0.15, 0.2) is 5.65 Å². The van der Waals surface area contributed by atoms with Crippen LogP contribution >= 0.6 is 23.7 Å². The van der Waals surface area contributed by atoms with Gasteiger partial charge in [-0.05, 0) is 49.1 Å². The van der Waals surface area contributed by atoms with E-state index in [-0.39, 0.29) is 30.5 Å². The lowest BCUT2D eigenvalue weighted by atomic mass is 10.1. The number of amides is 2. The van der Waals surface area contributed by atoms with E-state index in [1.54, 1.807) is 6.20 Å². The molecule has 2 N–H and O–H groups in total. The van der Waals surface area contributed by atoms with Gasteiger partial charge in [-0.25, -0.2) is 9.78 Å². The Balaban J connectivity index is 0.00000218. The Morgan fingerprint density at radius 1 is 1.17 bits per heavy atom. The topological polar surface area (TPSA) is 84.6 Å². The maximum Gasteiger partial charge on any atom is 0.315 e. The first-order valence-corrected chi connectivity index (χ1v) is 10.8. The minimum atomic E-state index is -0.267. The van der Waals surface area contributed by atoms with Crippen LogP contribution in [0.4, 0.5) is 4.79 Å². The first kappa shape index (κ1) is 20.8. The second kappa shape index (κ2) is 8.75. The van der Waals surface area contributed by atoms with E-state index in [4.69, 9.17) is 10.5 Å². The first-order valence-electron chi connectivity index (χ1n) is 9.94. The minimum absolute atomic E-state index is 0. The smallest absolute Gasteiger partial charge is 0.315 e. The van der Waals surface area contributed by atoms with E-state index in [1.165, 1.54) is 16.9 Å². The minimum Gasteiger partial charge on any atom is -0.431 e. The number of pyridine rings is 1. The molecule has 2 fully saturated rings. The molecule has 3 aromatic rings. The predicted molar refractivity (Wildman–Crippen MR) is 120 cm³/mol. The Labute approximate surface area is 185 Å². The number of benzene rings is 1. The second-order valence-electron chi connectivity index (χ2n) is 7.69. The van der Waals surface area contributed by atoms with Gasteiger partial charge in [-0.3, -0.25) is 4.90 Å². The molecule has 2 aliphatic rings. The Morgan fingerprint density at radius 2 is 1.90 bits per heavy atom. The monoisotopic (exact) mass is 445 g/mol. The van der Waals surface area contributed by atoms with Crippen LogP contribution in [-0.2, 0) is 6.42 Å². The van der Waals surface area contributed by atoms with Crippen LogP contribution in [0.5, 0.6) is 10.9 Å². The maximum atomic E-state index is 11.6. The Hall–Kier alpha value is -2.42. The van der Waals surface area contributed by atoms with Gasteiger partial charge in [-0.1, -0.05) is 23.5 Å². The van der Waals surface area contributed by atoms with E-state index in [2.05, 4.69) is 27.0 Å². The van der Waals surface area contributed by atoms with E-state index in [1.807, 2.05) is 29.2 Å². The average Bonchev–Trinajstić information content (AvgIpc) is 3.25. The van der Waals surface area contributed by atoms with Gasteiger partial charge in [0, 0.05) is 37.9 Å². The molecule has 0 unspecified atom stereocenters. The third kappa shape index (κ3) is 4.21. The molecule has 2 atom stereocenters. The third-order valence-corrected chi connectivity index (χ3v) is 6.69. The van der Waals surface area contributed by atoms with Gasteiger partial charge in [-0.2, -0.15) is 4.98 Å². The van der Waals surface area contributed by atoms with Crippen molar-refractivity contribution in [2.45, 2.75) is 31.3 Å². The molecule has 0 spiro atoms. The highest BCUT2D eigenvalue weighted by Crippen LogP contribution is 2.31. The molecule has 1 aromatic carbocycles. The Kier molecular flexibility index (Phi) is 6.08. The van der Waals surface area contributed by atoms with Crippen LogP contribution in [0.2, 0.25) is 0 Å². The van der Waals surface area contributed by atoms with Crippen molar-refractivity contribution in [3.8, 4) is 10.9 Å². The summed E-state index contributed by atoms with van der Waals surface area (Å²) in [6.45, 7) is 2.84. The maximum absolute atomic E-state index is 11.6. The quantitative estimate of drug-likeness (QED) is 0.647. The molecule has 0 saturated carbocycles. The molecule has 9 heteroatoms. The first-order chi connectivity index (χ1) is 14.2. The molecular weight excluding hydrogens is 422 g/mol. The van der Waals surface area contributed by atoms with Crippen molar-refractivity contribution in [2.75, 3.05) is 19.6 Å². The van der Waals surface area contributed by atoms with Crippen molar-refractivity contribution in [1.82, 2.24) is 19.8 Å². The number of nitrogens with zero attached hydrogens (tertiary/aromatic N) is 4. The molecule has 2 amide bonds. The Morgan fingerprint density at radius 3 is 2.57 bits per heavy atom. The van der Waals surface area contributed by atoms with Crippen LogP contribution in [0.3, 0.4) is 0 Å². The molecule has 2 saturated heterocycles. The lowest BCUT2D eigenvalue weighted by molar-refractivity contribution is 0.0933. The number of primary amides is 1. The third-order valence-electron chi connectivity index (χ3n) is 5.80. The van der Waals surface area contributed by atoms with Crippen LogP contribution in [0.1, 0.15) is 18.4 Å². The largest absolute Gasteiger partial charge is 0.431 e. The van der Waals surface area contributed by atoms with Crippen molar-refractivity contribution >= 4 is 40.1 Å². The zero-order valence-electron chi connectivity index (χ0n) is 16.4. The molecule has 0 aliphatic carbocycles. The highest BCUT2D eigenvalue weighted by Gasteiger charge is 2.41. The second-order valence-corrected chi connectivity index (χ2v) is 8.68. The molecule has 4 heterocycles. The summed E-state index contributed by atoms with van der Waals surface area (Å²) in [4.78, 5) is 24.6. The van der Waals surface area contributed by atoms with Crippen molar-refractivity contribution in [3.05, 3.63) is 48.2 Å². The number of fused-ring (bicyclic) bond motifs is 3. The number of likely N-dealkylation sites (tertiary alicyclic amines) is 1. The van der Waals surface area contributed by atoms with Gasteiger partial charge >= 0.3 is 6.03 Å². The summed E-state index contributed by atoms with van der Waals surface area (Å²) in [7, 11) is 0. The lowest BCUT2D eigenvalue weighted by Gasteiger charge is -2.40. The Bertz CT molecular complexity index is 981. The van der Waals surface area contributed by atoms with Crippen LogP contribution in [0, 0.1) is 0 Å². The van der Waals surface area contributed by atoms with Crippen LogP contribution < -0.4 is 10.5 Å². The molecule has 5 rings (SSSR count). The fourth-order valence-electron chi connectivity index (χ4n) is 4.44. The van der Waals surface area contributed by atoms with Gasteiger partial charge in [0.2, 0.25) is 0 Å². The number of ether oxygens (including phenoxy) is 1. The van der Waals surface area contributed by atoms with Crippen LogP contribution in [0.25, 0.3) is 10.3 Å². The van der Waals surface area contributed by atoms with Crippen molar-refractivity contribution < 1.29 is 9.53 Å². The molecule has 2 aliphatic heterocycles. The summed E-state index contributed by atoms with van der Waals surface area (Å²) < 4.78 is 6.91. The number of nitrogens with two attached hydrogens (primary N) is 1. The number of carbonyl (C=O) groups is 1. The summed E-state index contributed by atoms with van der Waals surface area (Å²) in [5.74, 6) is 0.779. The van der Waals surface area contributed by atoms with Crippen LogP contribution in [0.15, 0.2) is 42.6 Å². The molecule has 30 heavy (non-hydrogen) atoms. The molecule has 158 valence electrons. The van der Waals surface area contributed by atoms with Gasteiger partial charge < -0.3 is 15.4 Å². The number of carbonyl (C=O) groups excluding carboxylic acids is 1. The highest BCUT2D eigenvalue weighted by molar-refractivity contribution is 7.20. The van der Waals surface area contributed by atoms with Gasteiger partial charge in [0.05, 0.1) is 4.70 Å². The summed E-state index contributed by atoms with van der Waals surface area (Å²) in [5, 5.41) is 0.606. The fourth-order valence-corrected chi connectivity index (χ4v) is 5.23. The van der Waals surface area contributed by atoms with E-state index in [9.17, 15) is 4.79 Å². The number of halogens is 1. The van der Waals surface area contributed by atoms with Crippen molar-refractivity contribution in [1.29, 1.82) is 0 Å². The summed E-state index contributed by atoms with van der Waals surface area (Å²) >= 11 is 1.49. The normalized spacial score (nSPS) is 20.9. The van der Waals surface area contributed by atoms with Gasteiger partial charge in [0.1, 0.15) is 5.75 Å². The number of aromatic nitrogens is 2. The fraction of sp³-hybridized carbons (Fsp3) is 0.381. The average molecular weight is 446 g/mol. The molecule has 2 bridgehead atoms. The SMILES string of the molecule is Cl.NC(=O)N1[C@@H]2CC[C@H]1CN(CCc1ccc(Oc3nc4ncccc4s3)cc1)C2. The van der Waals surface area contributed by atoms with Crippen LogP contribution in [-0.4, -0.2) is 57.5 Å². The standard InChI is InChI=1S/C21H23N5O2S.ClH/c22-20(27)26-15-5-6-16(26)13-25(12-15)11-9-14-3-7-17(8-4-14)28-21-24-19-18(29-21)2-1-10-23-19;/h1-4,7-8,10,15-16H,5-6,9,11-13H2,(H2,22,27);1H/t15-,16+;. The highest BCUT2D eigenvalue weighted by atomic mass is 35.5. The number of urea groups is 1. The zero-order chi connectivity index (χ0) is 19.8. The number of thiazole rings is 1.